The molecule has 1 aromatic carbocycles. The number of carbonyl (C=O) groups excluding carboxylic acids is 1. The quantitative estimate of drug-likeness (QED) is 0.669. The van der Waals surface area contributed by atoms with Gasteiger partial charge in [-0.25, -0.2) is 0 Å². The fraction of sp³-hybridized carbons (Fsp3) is 0.381. The summed E-state index contributed by atoms with van der Waals surface area (Å²) in [7, 11) is 0. The highest BCUT2D eigenvalue weighted by Crippen LogP contribution is 2.21. The van der Waals surface area contributed by atoms with Gasteiger partial charge in [0.2, 0.25) is 5.91 Å². The number of nitrogens with zero attached hydrogens (tertiary/aromatic N) is 3. The molecule has 0 fully saturated rings. The molecule has 3 aromatic rings. The molecule has 0 spiro atoms. The molecule has 1 N–H and O–H groups in total. The number of aromatic nitrogens is 3. The summed E-state index contributed by atoms with van der Waals surface area (Å²) in [5.74, 6) is 1.31. The number of benzene rings is 1. The van der Waals surface area contributed by atoms with Crippen LogP contribution in [-0.4, -0.2) is 20.5 Å². The van der Waals surface area contributed by atoms with Crippen molar-refractivity contribution in [2.24, 2.45) is 5.92 Å². The molecule has 136 valence electrons. The highest BCUT2D eigenvalue weighted by Gasteiger charge is 2.21. The Balaban J connectivity index is 1.63. The predicted molar refractivity (Wildman–Crippen MR) is 103 cm³/mol. The second-order valence-corrected chi connectivity index (χ2v) is 7.08. The summed E-state index contributed by atoms with van der Waals surface area (Å²) in [6.45, 7) is 4.30. The van der Waals surface area contributed by atoms with E-state index in [-0.39, 0.29) is 11.9 Å². The molecule has 2 heterocycles. The first-order valence-electron chi connectivity index (χ1n) is 9.26. The van der Waals surface area contributed by atoms with Gasteiger partial charge in [0.1, 0.15) is 0 Å². The third-order valence-corrected chi connectivity index (χ3v) is 4.41. The lowest BCUT2D eigenvalue weighted by Gasteiger charge is -2.19. The summed E-state index contributed by atoms with van der Waals surface area (Å²) in [6.07, 6.45) is 5.04. The predicted octanol–water partition coefficient (Wildman–Crippen LogP) is 3.96. The number of fused-ring (bicyclic) bond motifs is 1. The van der Waals surface area contributed by atoms with Crippen LogP contribution in [0.4, 0.5) is 0 Å². The van der Waals surface area contributed by atoms with Crippen molar-refractivity contribution >= 4 is 11.6 Å². The van der Waals surface area contributed by atoms with Gasteiger partial charge < -0.3 is 5.32 Å². The maximum Gasteiger partial charge on any atom is 0.220 e. The van der Waals surface area contributed by atoms with Crippen molar-refractivity contribution in [2.75, 3.05) is 0 Å². The van der Waals surface area contributed by atoms with E-state index in [0.717, 1.165) is 30.7 Å². The first-order chi connectivity index (χ1) is 12.6. The van der Waals surface area contributed by atoms with Crippen molar-refractivity contribution in [3.63, 3.8) is 0 Å². The van der Waals surface area contributed by atoms with Crippen molar-refractivity contribution in [3.05, 3.63) is 66.1 Å². The third-order valence-electron chi connectivity index (χ3n) is 4.41. The Morgan fingerprint density at radius 3 is 2.62 bits per heavy atom. The van der Waals surface area contributed by atoms with Gasteiger partial charge in [0.05, 0.1) is 6.04 Å². The van der Waals surface area contributed by atoms with Crippen molar-refractivity contribution in [3.8, 4) is 0 Å². The molecule has 5 heteroatoms. The van der Waals surface area contributed by atoms with Crippen LogP contribution in [0.5, 0.6) is 0 Å². The van der Waals surface area contributed by atoms with Gasteiger partial charge in [-0.3, -0.25) is 9.20 Å². The fourth-order valence-electron chi connectivity index (χ4n) is 3.16. The largest absolute Gasteiger partial charge is 0.346 e. The number of pyridine rings is 1. The molecule has 1 atom stereocenters. The number of amides is 1. The minimum absolute atomic E-state index is 0.0688. The van der Waals surface area contributed by atoms with Gasteiger partial charge >= 0.3 is 0 Å². The fourth-order valence-corrected chi connectivity index (χ4v) is 3.16. The summed E-state index contributed by atoms with van der Waals surface area (Å²) in [4.78, 5) is 12.5. The molecule has 3 rings (SSSR count). The number of hydrogen-bond acceptors (Lipinski definition) is 3. The first-order valence-corrected chi connectivity index (χ1v) is 9.26. The lowest BCUT2D eigenvalue weighted by molar-refractivity contribution is -0.122. The van der Waals surface area contributed by atoms with Crippen molar-refractivity contribution in [2.45, 2.75) is 45.6 Å². The molecular weight excluding hydrogens is 324 g/mol. The maximum absolute atomic E-state index is 12.5. The van der Waals surface area contributed by atoms with Gasteiger partial charge in [-0.2, -0.15) is 0 Å². The van der Waals surface area contributed by atoms with Crippen molar-refractivity contribution < 1.29 is 4.79 Å². The smallest absolute Gasteiger partial charge is 0.220 e. The highest BCUT2D eigenvalue weighted by molar-refractivity contribution is 5.76. The lowest BCUT2D eigenvalue weighted by atomic mass is 10.0. The average Bonchev–Trinajstić information content (AvgIpc) is 3.06. The Kier molecular flexibility index (Phi) is 6.00. The van der Waals surface area contributed by atoms with Gasteiger partial charge in [-0.05, 0) is 42.9 Å². The molecule has 0 aliphatic rings. The zero-order chi connectivity index (χ0) is 18.4. The SMILES string of the molecule is CC(C)CC(NC(=O)CCCc1ccccc1)c1nnc2ccccn12. The molecule has 1 unspecified atom stereocenters. The van der Waals surface area contributed by atoms with Gasteiger partial charge in [-0.1, -0.05) is 50.2 Å². The summed E-state index contributed by atoms with van der Waals surface area (Å²) in [5.41, 5.74) is 2.07. The third kappa shape index (κ3) is 4.69. The van der Waals surface area contributed by atoms with Crippen LogP contribution in [0.15, 0.2) is 54.7 Å². The van der Waals surface area contributed by atoms with E-state index < -0.39 is 0 Å². The lowest BCUT2D eigenvalue weighted by Crippen LogP contribution is -2.30. The topological polar surface area (TPSA) is 59.3 Å². The molecule has 0 aliphatic heterocycles. The second kappa shape index (κ2) is 8.61. The average molecular weight is 350 g/mol. The van der Waals surface area contributed by atoms with Crippen LogP contribution < -0.4 is 5.32 Å². The van der Waals surface area contributed by atoms with Crippen LogP contribution in [0, 0.1) is 5.92 Å². The number of hydrogen-bond donors (Lipinski definition) is 1. The Morgan fingerprint density at radius 2 is 1.85 bits per heavy atom. The van der Waals surface area contributed by atoms with Crippen LogP contribution in [0.25, 0.3) is 5.65 Å². The first kappa shape index (κ1) is 18.1. The monoisotopic (exact) mass is 350 g/mol. The Hall–Kier alpha value is -2.69. The van der Waals surface area contributed by atoms with Crippen LogP contribution in [0.1, 0.15) is 50.5 Å². The number of nitrogens with one attached hydrogen (secondary N) is 1. The van der Waals surface area contributed by atoms with Crippen LogP contribution in [0.2, 0.25) is 0 Å². The summed E-state index contributed by atoms with van der Waals surface area (Å²) < 4.78 is 1.96. The van der Waals surface area contributed by atoms with E-state index in [1.165, 1.54) is 5.56 Å². The summed E-state index contributed by atoms with van der Waals surface area (Å²) in [6, 6.07) is 16.0. The van der Waals surface area contributed by atoms with Crippen LogP contribution in [-0.2, 0) is 11.2 Å². The van der Waals surface area contributed by atoms with E-state index in [1.807, 2.05) is 47.0 Å². The van der Waals surface area contributed by atoms with Crippen molar-refractivity contribution in [1.29, 1.82) is 0 Å². The summed E-state index contributed by atoms with van der Waals surface area (Å²) in [5, 5.41) is 11.7. The molecule has 0 aliphatic carbocycles. The molecule has 1 amide bonds. The Bertz CT molecular complexity index is 841. The van der Waals surface area contributed by atoms with E-state index in [2.05, 4.69) is 41.5 Å². The number of aryl methyl sites for hydroxylation is 1. The standard InChI is InChI=1S/C21H26N4O/c1-16(2)15-18(21-24-23-19-12-6-7-14-25(19)21)22-20(26)13-8-11-17-9-4-3-5-10-17/h3-7,9-10,12,14,16,18H,8,11,13,15H2,1-2H3,(H,22,26). The van der Waals surface area contributed by atoms with E-state index in [4.69, 9.17) is 0 Å². The van der Waals surface area contributed by atoms with Gasteiger partial charge in [0.25, 0.3) is 0 Å². The minimum atomic E-state index is -0.128. The molecule has 0 bridgehead atoms. The molecule has 0 saturated heterocycles. The zero-order valence-corrected chi connectivity index (χ0v) is 15.4. The van der Waals surface area contributed by atoms with Gasteiger partial charge in [0, 0.05) is 12.6 Å². The second-order valence-electron chi connectivity index (χ2n) is 7.08. The molecule has 2 aromatic heterocycles. The Labute approximate surface area is 154 Å². The molecule has 0 radical (unpaired) electrons. The zero-order valence-electron chi connectivity index (χ0n) is 15.4. The van der Waals surface area contributed by atoms with E-state index in [1.54, 1.807) is 0 Å². The molecule has 26 heavy (non-hydrogen) atoms. The number of carbonyl (C=O) groups is 1. The normalized spacial score (nSPS) is 12.4. The van der Waals surface area contributed by atoms with E-state index >= 15 is 0 Å². The maximum atomic E-state index is 12.5. The minimum Gasteiger partial charge on any atom is -0.346 e. The van der Waals surface area contributed by atoms with E-state index in [9.17, 15) is 4.79 Å². The Morgan fingerprint density at radius 1 is 1.08 bits per heavy atom. The van der Waals surface area contributed by atoms with Crippen LogP contribution >= 0.6 is 0 Å². The van der Waals surface area contributed by atoms with Crippen LogP contribution in [0.3, 0.4) is 0 Å². The highest BCUT2D eigenvalue weighted by atomic mass is 16.1. The molecule has 5 nitrogen and oxygen atoms in total. The molecular formula is C21H26N4O. The summed E-state index contributed by atoms with van der Waals surface area (Å²) >= 11 is 0. The van der Waals surface area contributed by atoms with Gasteiger partial charge in [0.15, 0.2) is 11.5 Å². The van der Waals surface area contributed by atoms with Crippen molar-refractivity contribution in [1.82, 2.24) is 19.9 Å². The van der Waals surface area contributed by atoms with E-state index in [0.29, 0.717) is 12.3 Å². The van der Waals surface area contributed by atoms with Gasteiger partial charge in [-0.15, -0.1) is 10.2 Å². The molecule has 0 saturated carbocycles. The number of rotatable bonds is 8.